The number of carbonyl (C=O) groups is 1. The van der Waals surface area contributed by atoms with Gasteiger partial charge >= 0.3 is 5.97 Å². The zero-order chi connectivity index (χ0) is 13.8. The molecule has 0 saturated heterocycles. The molecule has 0 aliphatic heterocycles. The molecule has 0 fully saturated rings. The number of benzene rings is 2. The third kappa shape index (κ3) is 3.10. The average molecular weight is 260 g/mol. The van der Waals surface area contributed by atoms with Crippen LogP contribution in [-0.2, 0) is 6.61 Å². The van der Waals surface area contributed by atoms with E-state index < -0.39 is 11.8 Å². The lowest BCUT2D eigenvalue weighted by Gasteiger charge is -2.09. The molecule has 2 aromatic rings. The van der Waals surface area contributed by atoms with Crippen LogP contribution in [0, 0.1) is 12.7 Å². The Morgan fingerprint density at radius 1 is 1.26 bits per heavy atom. The van der Waals surface area contributed by atoms with E-state index in [1.54, 1.807) is 6.07 Å². The number of halogens is 1. The molecule has 19 heavy (non-hydrogen) atoms. The third-order valence-corrected chi connectivity index (χ3v) is 2.75. The summed E-state index contributed by atoms with van der Waals surface area (Å²) in [7, 11) is 0. The fourth-order valence-corrected chi connectivity index (χ4v) is 1.70. The van der Waals surface area contributed by atoms with Crippen LogP contribution in [0.5, 0.6) is 5.75 Å². The minimum atomic E-state index is -1.27. The first-order valence-corrected chi connectivity index (χ1v) is 5.78. The molecule has 0 radical (unpaired) electrons. The smallest absolute Gasteiger partial charge is 0.338 e. The van der Waals surface area contributed by atoms with Crippen molar-refractivity contribution in [3.05, 3.63) is 65.0 Å². The zero-order valence-electron chi connectivity index (χ0n) is 10.4. The van der Waals surface area contributed by atoms with Gasteiger partial charge in [0.25, 0.3) is 0 Å². The van der Waals surface area contributed by atoms with Gasteiger partial charge in [-0.25, -0.2) is 9.18 Å². The summed E-state index contributed by atoms with van der Waals surface area (Å²) in [4.78, 5) is 10.7. The number of hydrogen-bond acceptors (Lipinski definition) is 2. The minimum absolute atomic E-state index is 0.196. The van der Waals surface area contributed by atoms with Gasteiger partial charge in [0.1, 0.15) is 18.2 Å². The fourth-order valence-electron chi connectivity index (χ4n) is 1.70. The lowest BCUT2D eigenvalue weighted by Crippen LogP contribution is -2.03. The Kier molecular flexibility index (Phi) is 3.80. The molecule has 98 valence electrons. The Balaban J connectivity index is 2.11. The maximum atomic E-state index is 13.5. The summed E-state index contributed by atoms with van der Waals surface area (Å²) < 4.78 is 19.0. The van der Waals surface area contributed by atoms with Crippen LogP contribution >= 0.6 is 0 Å². The van der Waals surface area contributed by atoms with Gasteiger partial charge in [-0.3, -0.25) is 0 Å². The zero-order valence-corrected chi connectivity index (χ0v) is 10.4. The van der Waals surface area contributed by atoms with Crippen LogP contribution in [0.2, 0.25) is 0 Å². The van der Waals surface area contributed by atoms with E-state index in [-0.39, 0.29) is 12.2 Å². The van der Waals surface area contributed by atoms with Gasteiger partial charge in [-0.1, -0.05) is 24.3 Å². The van der Waals surface area contributed by atoms with Crippen molar-refractivity contribution in [2.45, 2.75) is 13.5 Å². The van der Waals surface area contributed by atoms with E-state index in [1.807, 2.05) is 31.2 Å². The van der Waals surface area contributed by atoms with E-state index in [1.165, 1.54) is 12.1 Å². The number of carboxylic acid groups (broad SMARTS) is 1. The molecule has 0 amide bonds. The number of hydrogen-bond donors (Lipinski definition) is 1. The molecular formula is C15H13FO3. The Bertz CT molecular complexity index is 608. The number of ether oxygens (including phenoxy) is 1. The van der Waals surface area contributed by atoms with Crippen LogP contribution in [0.15, 0.2) is 42.5 Å². The molecule has 0 spiro atoms. The van der Waals surface area contributed by atoms with Gasteiger partial charge in [0, 0.05) is 0 Å². The van der Waals surface area contributed by atoms with Crippen molar-refractivity contribution in [2.24, 2.45) is 0 Å². The van der Waals surface area contributed by atoms with E-state index >= 15 is 0 Å². The minimum Gasteiger partial charge on any atom is -0.489 e. The van der Waals surface area contributed by atoms with Crippen LogP contribution in [-0.4, -0.2) is 11.1 Å². The molecule has 0 unspecified atom stereocenters. The van der Waals surface area contributed by atoms with Gasteiger partial charge in [0.05, 0.1) is 5.56 Å². The molecule has 3 nitrogen and oxygen atoms in total. The summed E-state index contributed by atoms with van der Waals surface area (Å²) >= 11 is 0. The molecular weight excluding hydrogens is 247 g/mol. The summed E-state index contributed by atoms with van der Waals surface area (Å²) in [6.07, 6.45) is 0. The fraction of sp³-hybridized carbons (Fsp3) is 0.133. The molecule has 1 N–H and O–H groups in total. The largest absolute Gasteiger partial charge is 0.489 e. The summed E-state index contributed by atoms with van der Waals surface area (Å²) in [5.74, 6) is -1.30. The Labute approximate surface area is 110 Å². The molecule has 4 heteroatoms. The summed E-state index contributed by atoms with van der Waals surface area (Å²) in [6.45, 7) is 2.12. The molecule has 0 bridgehead atoms. The number of rotatable bonds is 4. The van der Waals surface area contributed by atoms with Gasteiger partial charge in [0.15, 0.2) is 0 Å². The monoisotopic (exact) mass is 260 g/mol. The van der Waals surface area contributed by atoms with Gasteiger partial charge in [-0.05, 0) is 36.2 Å². The van der Waals surface area contributed by atoms with Crippen molar-refractivity contribution in [3.63, 3.8) is 0 Å². The quantitative estimate of drug-likeness (QED) is 0.916. The molecule has 0 atom stereocenters. The first kappa shape index (κ1) is 13.1. The molecule has 0 aliphatic rings. The number of aromatic carboxylic acids is 1. The van der Waals surface area contributed by atoms with Crippen LogP contribution < -0.4 is 4.74 Å². The molecule has 0 aliphatic carbocycles. The summed E-state index contributed by atoms with van der Waals surface area (Å²) in [6, 6.07) is 11.5. The van der Waals surface area contributed by atoms with Gasteiger partial charge < -0.3 is 9.84 Å². The van der Waals surface area contributed by atoms with E-state index in [0.29, 0.717) is 5.56 Å². The van der Waals surface area contributed by atoms with E-state index in [0.717, 1.165) is 11.3 Å². The maximum absolute atomic E-state index is 13.5. The first-order chi connectivity index (χ1) is 9.08. The molecule has 2 rings (SSSR count). The Morgan fingerprint density at radius 3 is 2.63 bits per heavy atom. The normalized spacial score (nSPS) is 10.2. The second kappa shape index (κ2) is 5.52. The Hall–Kier alpha value is -2.36. The Morgan fingerprint density at radius 2 is 2.00 bits per heavy atom. The third-order valence-electron chi connectivity index (χ3n) is 2.75. The topological polar surface area (TPSA) is 46.5 Å². The molecule has 0 aromatic heterocycles. The number of carboxylic acids is 1. The highest BCUT2D eigenvalue weighted by molar-refractivity contribution is 5.87. The highest BCUT2D eigenvalue weighted by Crippen LogP contribution is 2.18. The number of para-hydroxylation sites is 1. The van der Waals surface area contributed by atoms with Crippen molar-refractivity contribution >= 4 is 5.97 Å². The molecule has 0 heterocycles. The lowest BCUT2D eigenvalue weighted by molar-refractivity contribution is 0.0692. The van der Waals surface area contributed by atoms with Crippen LogP contribution in [0.3, 0.4) is 0 Å². The second-order valence-electron chi connectivity index (χ2n) is 4.17. The first-order valence-electron chi connectivity index (χ1n) is 5.78. The lowest BCUT2D eigenvalue weighted by atomic mass is 10.1. The molecule has 2 aromatic carbocycles. The van der Waals surface area contributed by atoms with Gasteiger partial charge in [0.2, 0.25) is 0 Å². The van der Waals surface area contributed by atoms with Crippen LogP contribution in [0.1, 0.15) is 21.5 Å². The van der Waals surface area contributed by atoms with Crippen LogP contribution in [0.25, 0.3) is 0 Å². The van der Waals surface area contributed by atoms with Crippen molar-refractivity contribution in [1.29, 1.82) is 0 Å². The summed E-state index contributed by atoms with van der Waals surface area (Å²) in [5.41, 5.74) is 1.25. The molecule has 0 saturated carbocycles. The van der Waals surface area contributed by atoms with E-state index in [9.17, 15) is 9.18 Å². The number of aryl methyl sites for hydroxylation is 1. The van der Waals surface area contributed by atoms with E-state index in [4.69, 9.17) is 9.84 Å². The van der Waals surface area contributed by atoms with E-state index in [2.05, 4.69) is 0 Å². The average Bonchev–Trinajstić information content (AvgIpc) is 2.37. The predicted molar refractivity (Wildman–Crippen MR) is 68.9 cm³/mol. The maximum Gasteiger partial charge on any atom is 0.338 e. The highest BCUT2D eigenvalue weighted by Gasteiger charge is 2.10. The predicted octanol–water partition coefficient (Wildman–Crippen LogP) is 3.41. The van der Waals surface area contributed by atoms with Crippen molar-refractivity contribution in [3.8, 4) is 5.75 Å². The van der Waals surface area contributed by atoms with Crippen molar-refractivity contribution < 1.29 is 19.0 Å². The van der Waals surface area contributed by atoms with Gasteiger partial charge in [-0.2, -0.15) is 0 Å². The standard InChI is InChI=1S/C15H13FO3/c1-10-4-2-3-5-14(10)19-9-11-6-7-12(15(17)18)13(16)8-11/h2-8H,9H2,1H3,(H,17,18). The van der Waals surface area contributed by atoms with Gasteiger partial charge in [-0.15, -0.1) is 0 Å². The highest BCUT2D eigenvalue weighted by atomic mass is 19.1. The SMILES string of the molecule is Cc1ccccc1OCc1ccc(C(=O)O)c(F)c1. The van der Waals surface area contributed by atoms with Crippen molar-refractivity contribution in [2.75, 3.05) is 0 Å². The second-order valence-corrected chi connectivity index (χ2v) is 4.17. The summed E-state index contributed by atoms with van der Waals surface area (Å²) in [5, 5.41) is 8.73. The van der Waals surface area contributed by atoms with Crippen LogP contribution in [0.4, 0.5) is 4.39 Å². The van der Waals surface area contributed by atoms with Crippen molar-refractivity contribution in [1.82, 2.24) is 0 Å².